The van der Waals surface area contributed by atoms with Crippen LogP contribution in [0, 0.1) is 5.92 Å². The zero-order valence-electron chi connectivity index (χ0n) is 15.3. The molecule has 3 heterocycles. The van der Waals surface area contributed by atoms with Crippen molar-refractivity contribution in [3.05, 3.63) is 36.0 Å². The van der Waals surface area contributed by atoms with Crippen molar-refractivity contribution in [3.8, 4) is 0 Å². The highest BCUT2D eigenvalue weighted by Gasteiger charge is 2.28. The van der Waals surface area contributed by atoms with Crippen molar-refractivity contribution in [1.82, 2.24) is 15.3 Å². The van der Waals surface area contributed by atoms with Gasteiger partial charge in [-0.1, -0.05) is 25.1 Å². The van der Waals surface area contributed by atoms with Gasteiger partial charge in [-0.3, -0.25) is 9.59 Å². The summed E-state index contributed by atoms with van der Waals surface area (Å²) in [7, 11) is 0. The second-order valence-corrected chi connectivity index (χ2v) is 7.00. The van der Waals surface area contributed by atoms with E-state index in [2.05, 4.69) is 27.1 Å². The number of aromatic amines is 1. The van der Waals surface area contributed by atoms with Crippen molar-refractivity contribution in [2.75, 3.05) is 24.5 Å². The van der Waals surface area contributed by atoms with Gasteiger partial charge in [0.1, 0.15) is 5.82 Å². The number of para-hydroxylation sites is 1. The second-order valence-electron chi connectivity index (χ2n) is 7.00. The Bertz CT molecular complexity index is 1030. The molecule has 2 aromatic heterocycles. The second kappa shape index (κ2) is 6.90. The maximum atomic E-state index is 12.1. The number of primary amides is 1. The van der Waals surface area contributed by atoms with E-state index in [0.717, 1.165) is 48.0 Å². The summed E-state index contributed by atoms with van der Waals surface area (Å²) in [5.74, 6) is 0.325. The van der Waals surface area contributed by atoms with E-state index in [1.165, 1.54) is 6.20 Å². The van der Waals surface area contributed by atoms with Gasteiger partial charge in [0.15, 0.2) is 0 Å². The number of hydrogen-bond acceptors (Lipinski definition) is 4. The number of aromatic nitrogens is 2. The normalized spacial score (nSPS) is 16.8. The van der Waals surface area contributed by atoms with Gasteiger partial charge in [-0.05, 0) is 18.9 Å². The largest absolute Gasteiger partial charge is 0.365 e. The molecule has 0 aliphatic carbocycles. The number of nitrogens with two attached hydrogens (primary N) is 1. The lowest BCUT2D eigenvalue weighted by Gasteiger charge is -2.26. The molecule has 7 heteroatoms. The molecule has 3 aromatic rings. The van der Waals surface area contributed by atoms with Crippen molar-refractivity contribution in [1.29, 1.82) is 0 Å². The van der Waals surface area contributed by atoms with Gasteiger partial charge in [-0.15, -0.1) is 0 Å². The molecule has 4 N–H and O–H groups in total. The van der Waals surface area contributed by atoms with Crippen LogP contribution in [0.1, 0.15) is 30.1 Å². The molecule has 1 aliphatic heterocycles. The Balaban J connectivity index is 1.89. The van der Waals surface area contributed by atoms with Crippen LogP contribution in [0.15, 0.2) is 30.5 Å². The first-order chi connectivity index (χ1) is 13.1. The average Bonchev–Trinajstić information content (AvgIpc) is 3.24. The van der Waals surface area contributed by atoms with Gasteiger partial charge in [0, 0.05) is 36.7 Å². The average molecular weight is 365 g/mol. The molecule has 1 saturated heterocycles. The summed E-state index contributed by atoms with van der Waals surface area (Å²) in [5, 5.41) is 4.78. The van der Waals surface area contributed by atoms with Crippen LogP contribution in [0.2, 0.25) is 0 Å². The number of carbonyl (C=O) groups is 2. The topological polar surface area (TPSA) is 104 Å². The van der Waals surface area contributed by atoms with Crippen LogP contribution in [0.5, 0.6) is 0 Å². The summed E-state index contributed by atoms with van der Waals surface area (Å²) in [6, 6.07) is 7.89. The first kappa shape index (κ1) is 17.3. The molecule has 0 unspecified atom stereocenters. The molecule has 0 radical (unpaired) electrons. The predicted octanol–water partition coefficient (Wildman–Crippen LogP) is 2.17. The van der Waals surface area contributed by atoms with Crippen LogP contribution >= 0.6 is 0 Å². The van der Waals surface area contributed by atoms with Crippen molar-refractivity contribution in [3.63, 3.8) is 0 Å². The van der Waals surface area contributed by atoms with E-state index >= 15 is 0 Å². The highest BCUT2D eigenvalue weighted by atomic mass is 16.2. The maximum absolute atomic E-state index is 12.1. The fraction of sp³-hybridized carbons (Fsp3) is 0.350. The highest BCUT2D eigenvalue weighted by molar-refractivity contribution is 6.18. The van der Waals surface area contributed by atoms with Crippen molar-refractivity contribution >= 4 is 39.4 Å². The van der Waals surface area contributed by atoms with Crippen LogP contribution in [-0.4, -0.2) is 41.4 Å². The molecule has 1 aliphatic rings. The zero-order valence-corrected chi connectivity index (χ0v) is 15.3. The van der Waals surface area contributed by atoms with Crippen LogP contribution < -0.4 is 16.0 Å². The molecule has 7 nitrogen and oxygen atoms in total. The third-order valence-electron chi connectivity index (χ3n) is 5.18. The Morgan fingerprint density at radius 3 is 2.89 bits per heavy atom. The Kier molecular flexibility index (Phi) is 4.43. The fourth-order valence-corrected chi connectivity index (χ4v) is 3.90. The number of amides is 2. The smallest absolute Gasteiger partial charge is 0.252 e. The standard InChI is InChI=1S/C20H23N5O2/c1-2-9-25(11-12-7-8-22-20(12)27)19-16-13-5-3-4-6-15(13)24-17(16)14(10-23-19)18(21)26/h3-6,10,12,24H,2,7-9,11H2,1H3,(H2,21,26)(H,22,27)/t12-/m0/s1. The van der Waals surface area contributed by atoms with Gasteiger partial charge in [0.05, 0.1) is 22.4 Å². The van der Waals surface area contributed by atoms with Crippen molar-refractivity contribution < 1.29 is 9.59 Å². The van der Waals surface area contributed by atoms with Gasteiger partial charge in [0.2, 0.25) is 5.91 Å². The summed E-state index contributed by atoms with van der Waals surface area (Å²) < 4.78 is 0. The molecule has 2 amide bonds. The fourth-order valence-electron chi connectivity index (χ4n) is 3.90. The number of rotatable bonds is 6. The summed E-state index contributed by atoms with van der Waals surface area (Å²) in [6.45, 7) is 4.21. The van der Waals surface area contributed by atoms with Crippen molar-refractivity contribution in [2.24, 2.45) is 11.7 Å². The minimum Gasteiger partial charge on any atom is -0.365 e. The van der Waals surface area contributed by atoms with Crippen LogP contribution in [-0.2, 0) is 4.79 Å². The number of fused-ring (bicyclic) bond motifs is 3. The Morgan fingerprint density at radius 2 is 2.19 bits per heavy atom. The minimum atomic E-state index is -0.511. The molecule has 1 aromatic carbocycles. The van der Waals surface area contributed by atoms with Gasteiger partial charge in [0.25, 0.3) is 5.91 Å². The molecular weight excluding hydrogens is 342 g/mol. The Hall–Kier alpha value is -3.09. The molecular formula is C20H23N5O2. The molecule has 1 atom stereocenters. The van der Waals surface area contributed by atoms with E-state index in [4.69, 9.17) is 5.73 Å². The number of nitrogens with zero attached hydrogens (tertiary/aromatic N) is 2. The monoisotopic (exact) mass is 365 g/mol. The first-order valence-electron chi connectivity index (χ1n) is 9.32. The quantitative estimate of drug-likeness (QED) is 0.623. The van der Waals surface area contributed by atoms with Crippen LogP contribution in [0.25, 0.3) is 21.8 Å². The van der Waals surface area contributed by atoms with E-state index in [-0.39, 0.29) is 11.8 Å². The van der Waals surface area contributed by atoms with E-state index in [0.29, 0.717) is 17.6 Å². The molecule has 0 bridgehead atoms. The third kappa shape index (κ3) is 2.99. The lowest BCUT2D eigenvalue weighted by molar-refractivity contribution is -0.122. The summed E-state index contributed by atoms with van der Waals surface area (Å²) in [6.07, 6.45) is 3.29. The number of H-pyrrole nitrogens is 1. The first-order valence-corrected chi connectivity index (χ1v) is 9.32. The summed E-state index contributed by atoms with van der Waals surface area (Å²) in [5.41, 5.74) is 7.58. The van der Waals surface area contributed by atoms with E-state index in [1.54, 1.807) is 0 Å². The lowest BCUT2D eigenvalue weighted by atomic mass is 10.1. The predicted molar refractivity (Wildman–Crippen MR) is 106 cm³/mol. The van der Waals surface area contributed by atoms with Gasteiger partial charge >= 0.3 is 0 Å². The maximum Gasteiger partial charge on any atom is 0.252 e. The molecule has 140 valence electrons. The molecule has 0 spiro atoms. The van der Waals surface area contributed by atoms with Crippen LogP contribution in [0.3, 0.4) is 0 Å². The van der Waals surface area contributed by atoms with E-state index < -0.39 is 5.91 Å². The van der Waals surface area contributed by atoms with E-state index in [9.17, 15) is 9.59 Å². The van der Waals surface area contributed by atoms with Crippen molar-refractivity contribution in [2.45, 2.75) is 19.8 Å². The third-order valence-corrected chi connectivity index (χ3v) is 5.18. The van der Waals surface area contributed by atoms with Gasteiger partial charge in [-0.2, -0.15) is 0 Å². The molecule has 0 saturated carbocycles. The van der Waals surface area contributed by atoms with E-state index in [1.807, 2.05) is 24.3 Å². The number of pyridine rings is 1. The summed E-state index contributed by atoms with van der Waals surface area (Å²) in [4.78, 5) is 34.1. The summed E-state index contributed by atoms with van der Waals surface area (Å²) >= 11 is 0. The number of nitrogens with one attached hydrogen (secondary N) is 2. The zero-order chi connectivity index (χ0) is 19.0. The van der Waals surface area contributed by atoms with Gasteiger partial charge in [-0.25, -0.2) is 4.98 Å². The van der Waals surface area contributed by atoms with Gasteiger partial charge < -0.3 is 20.9 Å². The SMILES string of the molecule is CCCN(C[C@@H]1CCNC1=O)c1ncc(C(N)=O)c2[nH]c3ccccc3c12. The highest BCUT2D eigenvalue weighted by Crippen LogP contribution is 2.34. The Labute approximate surface area is 156 Å². The molecule has 4 rings (SSSR count). The Morgan fingerprint density at radius 1 is 1.37 bits per heavy atom. The number of carbonyl (C=O) groups excluding carboxylic acids is 2. The number of hydrogen-bond donors (Lipinski definition) is 3. The van der Waals surface area contributed by atoms with Crippen LogP contribution in [0.4, 0.5) is 5.82 Å². The number of benzene rings is 1. The molecule has 27 heavy (non-hydrogen) atoms. The number of anilines is 1. The minimum absolute atomic E-state index is 0.0468. The lowest BCUT2D eigenvalue weighted by Crippen LogP contribution is -2.34. The molecule has 1 fully saturated rings.